The van der Waals surface area contributed by atoms with Gasteiger partial charge < -0.3 is 25.4 Å². The fraction of sp³-hybridized carbons (Fsp3) is 0.600. The zero-order chi connectivity index (χ0) is 19.7. The van der Waals surface area contributed by atoms with E-state index in [9.17, 15) is 4.79 Å². The predicted octanol–water partition coefficient (Wildman–Crippen LogP) is 3.15. The van der Waals surface area contributed by atoms with Crippen molar-refractivity contribution in [2.75, 3.05) is 45.3 Å². The quantitative estimate of drug-likeness (QED) is 0.166. The molecule has 0 aromatic heterocycles. The number of anilines is 1. The number of methoxy groups -OCH3 is 1. The number of halogens is 1. The lowest BCUT2D eigenvalue weighted by Crippen LogP contribution is -2.38. The summed E-state index contributed by atoms with van der Waals surface area (Å²) in [5.41, 5.74) is 1.91. The molecular weight excluding hydrogens is 471 g/mol. The molecule has 0 aliphatic rings. The van der Waals surface area contributed by atoms with Gasteiger partial charge in [-0.15, -0.1) is 24.0 Å². The van der Waals surface area contributed by atoms with E-state index in [4.69, 9.17) is 9.47 Å². The summed E-state index contributed by atoms with van der Waals surface area (Å²) >= 11 is 0. The number of amides is 1. The fourth-order valence-corrected chi connectivity index (χ4v) is 2.28. The first kappa shape index (κ1) is 26.6. The average molecular weight is 506 g/mol. The van der Waals surface area contributed by atoms with E-state index >= 15 is 0 Å². The minimum atomic E-state index is 0. The van der Waals surface area contributed by atoms with Crippen LogP contribution in [0.4, 0.5) is 5.69 Å². The van der Waals surface area contributed by atoms with Crippen LogP contribution in [0, 0.1) is 0 Å². The van der Waals surface area contributed by atoms with Crippen molar-refractivity contribution in [3.05, 3.63) is 29.8 Å². The highest BCUT2D eigenvalue weighted by atomic mass is 127. The van der Waals surface area contributed by atoms with E-state index in [-0.39, 0.29) is 29.9 Å². The molecule has 28 heavy (non-hydrogen) atoms. The number of benzene rings is 1. The maximum Gasteiger partial charge on any atom is 0.224 e. The lowest BCUT2D eigenvalue weighted by atomic mass is 10.2. The van der Waals surface area contributed by atoms with E-state index in [1.165, 1.54) is 0 Å². The van der Waals surface area contributed by atoms with Crippen LogP contribution in [0.15, 0.2) is 29.3 Å². The van der Waals surface area contributed by atoms with Crippen LogP contribution in [0.5, 0.6) is 0 Å². The second-order valence-corrected chi connectivity index (χ2v) is 6.08. The Morgan fingerprint density at radius 1 is 1.07 bits per heavy atom. The molecule has 1 aromatic rings. The summed E-state index contributed by atoms with van der Waals surface area (Å²) in [6, 6.07) is 7.79. The van der Waals surface area contributed by atoms with E-state index in [2.05, 4.69) is 20.9 Å². The molecule has 1 amide bonds. The average Bonchev–Trinajstić information content (AvgIpc) is 2.66. The Labute approximate surface area is 186 Å². The minimum absolute atomic E-state index is 0. The van der Waals surface area contributed by atoms with Gasteiger partial charge in [-0.05, 0) is 37.5 Å². The van der Waals surface area contributed by atoms with Gasteiger partial charge in [-0.1, -0.05) is 19.1 Å². The van der Waals surface area contributed by atoms with Gasteiger partial charge in [0, 0.05) is 38.9 Å². The number of nitrogens with zero attached hydrogens (tertiary/aromatic N) is 1. The van der Waals surface area contributed by atoms with E-state index in [0.717, 1.165) is 43.1 Å². The molecular formula is C20H35IN4O3. The van der Waals surface area contributed by atoms with Crippen molar-refractivity contribution in [1.82, 2.24) is 10.6 Å². The van der Waals surface area contributed by atoms with Crippen molar-refractivity contribution in [2.24, 2.45) is 4.99 Å². The summed E-state index contributed by atoms with van der Waals surface area (Å²) in [4.78, 5) is 16.2. The molecule has 8 heteroatoms. The van der Waals surface area contributed by atoms with Gasteiger partial charge in [0.1, 0.15) is 0 Å². The molecule has 0 aliphatic carbocycles. The zero-order valence-corrected chi connectivity index (χ0v) is 19.6. The Morgan fingerprint density at radius 2 is 1.82 bits per heavy atom. The maximum absolute atomic E-state index is 11.6. The highest BCUT2D eigenvalue weighted by molar-refractivity contribution is 14.0. The monoisotopic (exact) mass is 506 g/mol. The van der Waals surface area contributed by atoms with Crippen LogP contribution in [-0.4, -0.2) is 51.9 Å². The van der Waals surface area contributed by atoms with Gasteiger partial charge in [0.2, 0.25) is 5.91 Å². The number of hydrogen-bond donors (Lipinski definition) is 3. The molecule has 0 unspecified atom stereocenters. The molecule has 0 fully saturated rings. The predicted molar refractivity (Wildman–Crippen MR) is 126 cm³/mol. The summed E-state index contributed by atoms with van der Waals surface area (Å²) in [6.45, 7) is 8.14. The summed E-state index contributed by atoms with van der Waals surface area (Å²) in [7, 11) is 1.67. The van der Waals surface area contributed by atoms with Crippen LogP contribution >= 0.6 is 24.0 Å². The Morgan fingerprint density at radius 3 is 2.46 bits per heavy atom. The molecule has 0 radical (unpaired) electrons. The SMILES string of the molecule is CCCC(=O)Nc1ccc(CN=C(NCC)NCCCOCCOC)cc1.I. The molecule has 0 spiro atoms. The topological polar surface area (TPSA) is 84.0 Å². The molecule has 0 saturated carbocycles. The number of nitrogens with one attached hydrogen (secondary N) is 3. The number of hydrogen-bond acceptors (Lipinski definition) is 4. The summed E-state index contributed by atoms with van der Waals surface area (Å²) in [5.74, 6) is 0.836. The molecule has 1 aromatic carbocycles. The van der Waals surface area contributed by atoms with Crippen LogP contribution in [-0.2, 0) is 20.8 Å². The van der Waals surface area contributed by atoms with Gasteiger partial charge in [0.15, 0.2) is 5.96 Å². The fourth-order valence-electron chi connectivity index (χ4n) is 2.28. The van der Waals surface area contributed by atoms with Crippen LogP contribution in [0.3, 0.4) is 0 Å². The molecule has 0 saturated heterocycles. The Kier molecular flexibility index (Phi) is 16.8. The van der Waals surface area contributed by atoms with Crippen molar-refractivity contribution < 1.29 is 14.3 Å². The number of rotatable bonds is 13. The summed E-state index contributed by atoms with van der Waals surface area (Å²) in [6.07, 6.45) is 2.29. The van der Waals surface area contributed by atoms with Gasteiger partial charge in [0.05, 0.1) is 19.8 Å². The first-order valence-corrected chi connectivity index (χ1v) is 9.67. The molecule has 0 heterocycles. The van der Waals surface area contributed by atoms with Gasteiger partial charge in [-0.3, -0.25) is 4.79 Å². The van der Waals surface area contributed by atoms with Crippen LogP contribution in [0.2, 0.25) is 0 Å². The van der Waals surface area contributed by atoms with E-state index in [1.807, 2.05) is 38.1 Å². The van der Waals surface area contributed by atoms with Crippen LogP contribution < -0.4 is 16.0 Å². The number of carbonyl (C=O) groups is 1. The first-order valence-electron chi connectivity index (χ1n) is 9.67. The Hall–Kier alpha value is -1.39. The third-order valence-electron chi connectivity index (χ3n) is 3.67. The molecule has 0 aliphatic heterocycles. The minimum Gasteiger partial charge on any atom is -0.382 e. The van der Waals surface area contributed by atoms with Gasteiger partial charge in [-0.2, -0.15) is 0 Å². The summed E-state index contributed by atoms with van der Waals surface area (Å²) < 4.78 is 10.4. The number of carbonyl (C=O) groups excluding carboxylic acids is 1. The van der Waals surface area contributed by atoms with Crippen molar-refractivity contribution in [3.63, 3.8) is 0 Å². The van der Waals surface area contributed by atoms with E-state index in [1.54, 1.807) is 7.11 Å². The van der Waals surface area contributed by atoms with Crippen molar-refractivity contribution >= 4 is 41.5 Å². The van der Waals surface area contributed by atoms with Crippen LogP contribution in [0.1, 0.15) is 38.7 Å². The normalized spacial score (nSPS) is 10.9. The second-order valence-electron chi connectivity index (χ2n) is 6.08. The Bertz CT molecular complexity index is 553. The van der Waals surface area contributed by atoms with Crippen molar-refractivity contribution in [2.45, 2.75) is 39.7 Å². The molecule has 0 bridgehead atoms. The molecule has 7 nitrogen and oxygen atoms in total. The highest BCUT2D eigenvalue weighted by Crippen LogP contribution is 2.11. The van der Waals surface area contributed by atoms with Crippen LogP contribution in [0.25, 0.3) is 0 Å². The second kappa shape index (κ2) is 17.7. The van der Waals surface area contributed by atoms with Crippen molar-refractivity contribution in [3.8, 4) is 0 Å². The maximum atomic E-state index is 11.6. The third kappa shape index (κ3) is 12.9. The van der Waals surface area contributed by atoms with Gasteiger partial charge in [-0.25, -0.2) is 4.99 Å². The molecule has 1 rings (SSSR count). The Balaban J connectivity index is 0.00000729. The lowest BCUT2D eigenvalue weighted by Gasteiger charge is -2.11. The smallest absolute Gasteiger partial charge is 0.224 e. The first-order chi connectivity index (χ1) is 13.2. The molecule has 3 N–H and O–H groups in total. The lowest BCUT2D eigenvalue weighted by molar-refractivity contribution is -0.116. The largest absolute Gasteiger partial charge is 0.382 e. The number of guanidine groups is 1. The number of ether oxygens (including phenoxy) is 2. The molecule has 0 atom stereocenters. The standard InChI is InChI=1S/C20H34N4O3.HI/c1-4-7-19(25)24-18-10-8-17(9-11-18)16-23-20(21-5-2)22-12-6-13-27-15-14-26-3;/h8-11H,4-7,12-16H2,1-3H3,(H,24,25)(H2,21,22,23);1H. The van der Waals surface area contributed by atoms with Gasteiger partial charge >= 0.3 is 0 Å². The van der Waals surface area contributed by atoms with Crippen molar-refractivity contribution in [1.29, 1.82) is 0 Å². The highest BCUT2D eigenvalue weighted by Gasteiger charge is 2.01. The molecule has 160 valence electrons. The van der Waals surface area contributed by atoms with Gasteiger partial charge in [0.25, 0.3) is 0 Å². The zero-order valence-electron chi connectivity index (χ0n) is 17.3. The van der Waals surface area contributed by atoms with E-state index in [0.29, 0.717) is 32.8 Å². The van der Waals surface area contributed by atoms with E-state index < -0.39 is 0 Å². The third-order valence-corrected chi connectivity index (χ3v) is 3.67. The summed E-state index contributed by atoms with van der Waals surface area (Å²) in [5, 5.41) is 9.43. The number of aliphatic imine (C=N–C) groups is 1.